The van der Waals surface area contributed by atoms with E-state index in [1.165, 1.54) is 0 Å². The van der Waals surface area contributed by atoms with Crippen molar-refractivity contribution in [2.75, 3.05) is 26.3 Å². The summed E-state index contributed by atoms with van der Waals surface area (Å²) in [5.74, 6) is 0. The minimum atomic E-state index is -4.54. The smallest absolute Gasteiger partial charge is 0.382 e. The normalized spacial score (nSPS) is 14.5. The standard InChI is InChI=1S/C7H14F3NO2/c1-2-13-4-3-11-5-6(12)7(8,9)10/h6,11-12H,2-5H2,1H3. The lowest BCUT2D eigenvalue weighted by Crippen LogP contribution is -2.39. The third-order valence-electron chi connectivity index (χ3n) is 1.34. The van der Waals surface area contributed by atoms with Gasteiger partial charge in [0.15, 0.2) is 6.10 Å². The summed E-state index contributed by atoms with van der Waals surface area (Å²) in [4.78, 5) is 0. The SMILES string of the molecule is CCOCCNCC(O)C(F)(F)F. The number of ether oxygens (including phenoxy) is 1. The van der Waals surface area contributed by atoms with Crippen LogP contribution in [0.5, 0.6) is 0 Å². The number of rotatable bonds is 6. The van der Waals surface area contributed by atoms with Gasteiger partial charge in [-0.05, 0) is 6.92 Å². The van der Waals surface area contributed by atoms with Crippen LogP contribution in [0, 0.1) is 0 Å². The van der Waals surface area contributed by atoms with Gasteiger partial charge in [0.25, 0.3) is 0 Å². The molecule has 0 rings (SSSR count). The highest BCUT2D eigenvalue weighted by atomic mass is 19.4. The molecular weight excluding hydrogens is 187 g/mol. The largest absolute Gasteiger partial charge is 0.415 e. The second-order valence-electron chi connectivity index (χ2n) is 2.46. The number of hydrogen-bond donors (Lipinski definition) is 2. The molecule has 0 aliphatic carbocycles. The van der Waals surface area contributed by atoms with Gasteiger partial charge in [0.2, 0.25) is 0 Å². The van der Waals surface area contributed by atoms with Gasteiger partial charge in [0.1, 0.15) is 0 Å². The van der Waals surface area contributed by atoms with Crippen molar-refractivity contribution in [2.24, 2.45) is 0 Å². The minimum absolute atomic E-state index is 0.307. The van der Waals surface area contributed by atoms with Gasteiger partial charge in [-0.1, -0.05) is 0 Å². The molecule has 0 fully saturated rings. The number of nitrogens with one attached hydrogen (secondary N) is 1. The van der Waals surface area contributed by atoms with Crippen LogP contribution in [0.3, 0.4) is 0 Å². The molecule has 0 bridgehead atoms. The van der Waals surface area contributed by atoms with Crippen LogP contribution in [0.25, 0.3) is 0 Å². The average molecular weight is 201 g/mol. The minimum Gasteiger partial charge on any atom is -0.382 e. The molecule has 0 amide bonds. The van der Waals surface area contributed by atoms with Gasteiger partial charge in [0, 0.05) is 19.7 Å². The molecule has 1 atom stereocenters. The third kappa shape index (κ3) is 6.80. The van der Waals surface area contributed by atoms with E-state index in [-0.39, 0.29) is 0 Å². The Hall–Kier alpha value is -0.330. The molecule has 0 aromatic heterocycles. The first-order chi connectivity index (χ1) is 5.98. The zero-order valence-corrected chi connectivity index (χ0v) is 7.40. The average Bonchev–Trinajstić information content (AvgIpc) is 2.02. The molecule has 0 radical (unpaired) electrons. The molecule has 0 aromatic carbocycles. The van der Waals surface area contributed by atoms with E-state index < -0.39 is 18.8 Å². The van der Waals surface area contributed by atoms with Crippen LogP contribution in [-0.2, 0) is 4.74 Å². The summed E-state index contributed by atoms with van der Waals surface area (Å²) in [6, 6.07) is 0. The Morgan fingerprint density at radius 2 is 2.08 bits per heavy atom. The Kier molecular flexibility index (Phi) is 6.02. The Morgan fingerprint density at radius 1 is 1.46 bits per heavy atom. The number of alkyl halides is 3. The summed E-state index contributed by atoms with van der Waals surface area (Å²) >= 11 is 0. The van der Waals surface area contributed by atoms with E-state index in [0.29, 0.717) is 19.8 Å². The molecule has 0 aromatic rings. The van der Waals surface area contributed by atoms with Crippen LogP contribution in [0.15, 0.2) is 0 Å². The number of halogens is 3. The fraction of sp³-hybridized carbons (Fsp3) is 1.00. The molecule has 0 spiro atoms. The molecule has 3 nitrogen and oxygen atoms in total. The van der Waals surface area contributed by atoms with E-state index in [9.17, 15) is 13.2 Å². The predicted octanol–water partition coefficient (Wildman–Crippen LogP) is 0.536. The summed E-state index contributed by atoms with van der Waals surface area (Å²) in [6.07, 6.45) is -6.84. The number of aliphatic hydroxyl groups excluding tert-OH is 1. The summed E-state index contributed by atoms with van der Waals surface area (Å²) in [6.45, 7) is 2.49. The third-order valence-corrected chi connectivity index (χ3v) is 1.34. The monoisotopic (exact) mass is 201 g/mol. The maximum absolute atomic E-state index is 11.7. The molecule has 2 N–H and O–H groups in total. The Labute approximate surface area is 74.9 Å². The Bertz CT molecular complexity index is 129. The van der Waals surface area contributed by atoms with Gasteiger partial charge in [-0.3, -0.25) is 0 Å². The first-order valence-electron chi connectivity index (χ1n) is 4.01. The molecule has 13 heavy (non-hydrogen) atoms. The molecule has 0 saturated heterocycles. The van der Waals surface area contributed by atoms with E-state index >= 15 is 0 Å². The molecule has 0 saturated carbocycles. The highest BCUT2D eigenvalue weighted by molar-refractivity contribution is 4.67. The maximum atomic E-state index is 11.7. The first kappa shape index (κ1) is 12.7. The summed E-state index contributed by atoms with van der Waals surface area (Å²) in [5, 5.41) is 10.9. The van der Waals surface area contributed by atoms with Crippen LogP contribution >= 0.6 is 0 Å². The molecule has 0 aliphatic rings. The van der Waals surface area contributed by atoms with Crippen molar-refractivity contribution in [1.29, 1.82) is 0 Å². The van der Waals surface area contributed by atoms with Crippen molar-refractivity contribution in [1.82, 2.24) is 5.32 Å². The second-order valence-corrected chi connectivity index (χ2v) is 2.46. The zero-order valence-electron chi connectivity index (χ0n) is 7.40. The molecular formula is C7H14F3NO2. The molecule has 1 unspecified atom stereocenters. The van der Waals surface area contributed by atoms with Crippen molar-refractivity contribution >= 4 is 0 Å². The van der Waals surface area contributed by atoms with Crippen LogP contribution in [-0.4, -0.2) is 43.7 Å². The van der Waals surface area contributed by atoms with Crippen molar-refractivity contribution < 1.29 is 23.0 Å². The van der Waals surface area contributed by atoms with Crippen LogP contribution in [0.4, 0.5) is 13.2 Å². The van der Waals surface area contributed by atoms with E-state index in [2.05, 4.69) is 5.32 Å². The first-order valence-corrected chi connectivity index (χ1v) is 4.01. The second kappa shape index (κ2) is 6.17. The lowest BCUT2D eigenvalue weighted by Gasteiger charge is -2.14. The molecule has 80 valence electrons. The van der Waals surface area contributed by atoms with Gasteiger partial charge in [-0.25, -0.2) is 0 Å². The van der Waals surface area contributed by atoms with Gasteiger partial charge in [-0.15, -0.1) is 0 Å². The van der Waals surface area contributed by atoms with Crippen molar-refractivity contribution in [3.8, 4) is 0 Å². The predicted molar refractivity (Wildman–Crippen MR) is 41.4 cm³/mol. The van der Waals surface area contributed by atoms with E-state index in [0.717, 1.165) is 0 Å². The van der Waals surface area contributed by atoms with Crippen molar-refractivity contribution in [2.45, 2.75) is 19.2 Å². The highest BCUT2D eigenvalue weighted by Gasteiger charge is 2.37. The van der Waals surface area contributed by atoms with E-state index in [4.69, 9.17) is 9.84 Å². The lowest BCUT2D eigenvalue weighted by molar-refractivity contribution is -0.201. The van der Waals surface area contributed by atoms with Gasteiger partial charge in [-0.2, -0.15) is 13.2 Å². The summed E-state index contributed by atoms with van der Waals surface area (Å²) < 4.78 is 40.0. The van der Waals surface area contributed by atoms with Gasteiger partial charge >= 0.3 is 6.18 Å². The van der Waals surface area contributed by atoms with Crippen LogP contribution in [0.1, 0.15) is 6.92 Å². The summed E-state index contributed by atoms with van der Waals surface area (Å²) in [5.41, 5.74) is 0. The quantitative estimate of drug-likeness (QED) is 0.616. The van der Waals surface area contributed by atoms with E-state index in [1.807, 2.05) is 0 Å². The van der Waals surface area contributed by atoms with Gasteiger partial charge in [0.05, 0.1) is 6.61 Å². The Morgan fingerprint density at radius 3 is 2.54 bits per heavy atom. The molecule has 0 heterocycles. The summed E-state index contributed by atoms with van der Waals surface area (Å²) in [7, 11) is 0. The van der Waals surface area contributed by atoms with Crippen LogP contribution < -0.4 is 5.32 Å². The number of hydrogen-bond acceptors (Lipinski definition) is 3. The zero-order chi connectivity index (χ0) is 10.3. The van der Waals surface area contributed by atoms with E-state index in [1.54, 1.807) is 6.92 Å². The topological polar surface area (TPSA) is 41.5 Å². The highest BCUT2D eigenvalue weighted by Crippen LogP contribution is 2.18. The number of aliphatic hydroxyl groups is 1. The van der Waals surface area contributed by atoms with Crippen LogP contribution in [0.2, 0.25) is 0 Å². The lowest BCUT2D eigenvalue weighted by atomic mass is 10.3. The fourth-order valence-electron chi connectivity index (χ4n) is 0.643. The maximum Gasteiger partial charge on any atom is 0.415 e. The molecule has 6 heteroatoms. The van der Waals surface area contributed by atoms with Crippen molar-refractivity contribution in [3.63, 3.8) is 0 Å². The Balaban J connectivity index is 3.32. The fourth-order valence-corrected chi connectivity index (χ4v) is 0.643. The van der Waals surface area contributed by atoms with Crippen molar-refractivity contribution in [3.05, 3.63) is 0 Å². The molecule has 0 aliphatic heterocycles. The van der Waals surface area contributed by atoms with Gasteiger partial charge < -0.3 is 15.2 Å².